The quantitative estimate of drug-likeness (QED) is 0.853. The van der Waals surface area contributed by atoms with Crippen molar-refractivity contribution in [3.63, 3.8) is 0 Å². The summed E-state index contributed by atoms with van der Waals surface area (Å²) in [6.07, 6.45) is 5.38. The Kier molecular flexibility index (Phi) is 3.37. The summed E-state index contributed by atoms with van der Waals surface area (Å²) in [6.45, 7) is 4.99. The summed E-state index contributed by atoms with van der Waals surface area (Å²) < 4.78 is 5.13. The molecule has 2 aromatic rings. The van der Waals surface area contributed by atoms with E-state index >= 15 is 0 Å². The molecule has 0 aliphatic rings. The second-order valence-corrected chi connectivity index (χ2v) is 3.78. The number of nitrogens with one attached hydrogen (secondary N) is 1. The van der Waals surface area contributed by atoms with Crippen molar-refractivity contribution in [2.24, 2.45) is 0 Å². The molecule has 1 unspecified atom stereocenters. The van der Waals surface area contributed by atoms with Crippen LogP contribution in [0.4, 0.5) is 0 Å². The number of hydrogen-bond donors (Lipinski definition) is 1. The number of furan rings is 1. The van der Waals surface area contributed by atoms with Crippen molar-refractivity contribution in [1.29, 1.82) is 0 Å². The van der Waals surface area contributed by atoms with Crippen molar-refractivity contribution < 1.29 is 4.42 Å². The highest BCUT2D eigenvalue weighted by molar-refractivity contribution is 5.28. The zero-order chi connectivity index (χ0) is 11.4. The van der Waals surface area contributed by atoms with Gasteiger partial charge >= 0.3 is 0 Å². The number of nitrogens with zero attached hydrogens (tertiary/aromatic N) is 1. The third kappa shape index (κ3) is 2.31. The molecule has 0 aliphatic carbocycles. The summed E-state index contributed by atoms with van der Waals surface area (Å²) in [5, 5.41) is 3.42. The Morgan fingerprint density at radius 1 is 1.31 bits per heavy atom. The molecule has 84 valence electrons. The predicted octanol–water partition coefficient (Wildman–Crippen LogP) is 2.68. The van der Waals surface area contributed by atoms with Crippen LogP contribution in [-0.4, -0.2) is 11.5 Å². The van der Waals surface area contributed by atoms with Crippen molar-refractivity contribution in [1.82, 2.24) is 10.3 Å². The fourth-order valence-electron chi connectivity index (χ4n) is 1.72. The fourth-order valence-corrected chi connectivity index (χ4v) is 1.72. The Hall–Kier alpha value is -1.61. The predicted molar refractivity (Wildman–Crippen MR) is 63.2 cm³/mol. The number of aryl methyl sites for hydroxylation is 1. The minimum absolute atomic E-state index is 0.164. The maximum Gasteiger partial charge on any atom is 0.0953 e. The van der Waals surface area contributed by atoms with E-state index in [2.05, 4.69) is 23.3 Å². The molecule has 0 radical (unpaired) electrons. The molecule has 0 bridgehead atoms. The molecule has 3 heteroatoms. The zero-order valence-corrected chi connectivity index (χ0v) is 9.60. The van der Waals surface area contributed by atoms with Gasteiger partial charge in [0.05, 0.1) is 18.6 Å². The van der Waals surface area contributed by atoms with E-state index in [9.17, 15) is 0 Å². The largest absolute Gasteiger partial charge is 0.472 e. The maximum atomic E-state index is 5.13. The van der Waals surface area contributed by atoms with Crippen LogP contribution in [-0.2, 0) is 0 Å². The van der Waals surface area contributed by atoms with E-state index in [4.69, 9.17) is 4.42 Å². The molecule has 0 fully saturated rings. The molecular formula is C13H16N2O. The van der Waals surface area contributed by atoms with E-state index in [0.717, 1.165) is 23.4 Å². The fraction of sp³-hybridized carbons (Fsp3) is 0.308. The Bertz CT molecular complexity index is 420. The highest BCUT2D eigenvalue weighted by Gasteiger charge is 2.13. The van der Waals surface area contributed by atoms with Crippen LogP contribution in [0.2, 0.25) is 0 Å². The minimum Gasteiger partial charge on any atom is -0.472 e. The Morgan fingerprint density at radius 3 is 2.75 bits per heavy atom. The lowest BCUT2D eigenvalue weighted by Crippen LogP contribution is -2.21. The van der Waals surface area contributed by atoms with Gasteiger partial charge in [-0.1, -0.05) is 13.0 Å². The van der Waals surface area contributed by atoms with E-state index < -0.39 is 0 Å². The highest BCUT2D eigenvalue weighted by Crippen LogP contribution is 2.21. The lowest BCUT2D eigenvalue weighted by molar-refractivity contribution is 0.552. The van der Waals surface area contributed by atoms with E-state index in [0.29, 0.717) is 0 Å². The molecule has 1 atom stereocenters. The van der Waals surface area contributed by atoms with Gasteiger partial charge in [-0.05, 0) is 31.2 Å². The Labute approximate surface area is 95.5 Å². The highest BCUT2D eigenvalue weighted by atomic mass is 16.3. The zero-order valence-electron chi connectivity index (χ0n) is 9.60. The van der Waals surface area contributed by atoms with E-state index in [1.54, 1.807) is 12.5 Å². The molecule has 3 nitrogen and oxygen atoms in total. The van der Waals surface area contributed by atoms with Crippen LogP contribution in [0.25, 0.3) is 0 Å². The van der Waals surface area contributed by atoms with Crippen LogP contribution in [0.5, 0.6) is 0 Å². The molecule has 0 saturated heterocycles. The van der Waals surface area contributed by atoms with Gasteiger partial charge in [0.2, 0.25) is 0 Å². The Morgan fingerprint density at radius 2 is 2.19 bits per heavy atom. The Balaban J connectivity index is 2.29. The van der Waals surface area contributed by atoms with Gasteiger partial charge in [0.15, 0.2) is 0 Å². The standard InChI is InChI=1S/C13H16N2O/c1-3-14-13(12-6-7-16-9-12)11-5-4-10(2)15-8-11/h4-9,13-14H,3H2,1-2H3. The first-order valence-corrected chi connectivity index (χ1v) is 5.49. The molecule has 2 aromatic heterocycles. The first-order valence-electron chi connectivity index (χ1n) is 5.49. The molecule has 0 spiro atoms. The van der Waals surface area contributed by atoms with Crippen LogP contribution in [0.1, 0.15) is 29.8 Å². The van der Waals surface area contributed by atoms with Crippen LogP contribution in [0.3, 0.4) is 0 Å². The molecule has 1 N–H and O–H groups in total. The topological polar surface area (TPSA) is 38.1 Å². The molecule has 0 saturated carbocycles. The number of hydrogen-bond acceptors (Lipinski definition) is 3. The lowest BCUT2D eigenvalue weighted by atomic mass is 10.0. The van der Waals surface area contributed by atoms with E-state index in [-0.39, 0.29) is 6.04 Å². The van der Waals surface area contributed by atoms with Crippen molar-refractivity contribution in [3.05, 3.63) is 53.7 Å². The summed E-state index contributed by atoms with van der Waals surface area (Å²) in [4.78, 5) is 4.32. The first kappa shape index (κ1) is 10.9. The molecule has 16 heavy (non-hydrogen) atoms. The average molecular weight is 216 g/mol. The molecule has 2 rings (SSSR count). The monoisotopic (exact) mass is 216 g/mol. The summed E-state index contributed by atoms with van der Waals surface area (Å²) in [7, 11) is 0. The van der Waals surface area contributed by atoms with Crippen LogP contribution in [0.15, 0.2) is 41.3 Å². The average Bonchev–Trinajstić information content (AvgIpc) is 2.81. The molecule has 0 amide bonds. The van der Waals surface area contributed by atoms with Gasteiger partial charge in [0, 0.05) is 17.5 Å². The van der Waals surface area contributed by atoms with Crippen molar-refractivity contribution in [2.45, 2.75) is 19.9 Å². The van der Waals surface area contributed by atoms with E-state index in [1.807, 2.05) is 25.3 Å². The van der Waals surface area contributed by atoms with Crippen molar-refractivity contribution in [2.75, 3.05) is 6.54 Å². The third-order valence-electron chi connectivity index (χ3n) is 2.55. The summed E-state index contributed by atoms with van der Waals surface area (Å²) in [5.41, 5.74) is 3.33. The van der Waals surface area contributed by atoms with Gasteiger partial charge in [-0.15, -0.1) is 0 Å². The van der Waals surface area contributed by atoms with Crippen molar-refractivity contribution in [3.8, 4) is 0 Å². The van der Waals surface area contributed by atoms with Crippen molar-refractivity contribution >= 4 is 0 Å². The van der Waals surface area contributed by atoms with Gasteiger partial charge in [-0.3, -0.25) is 4.98 Å². The van der Waals surface area contributed by atoms with Crippen LogP contribution in [0, 0.1) is 6.92 Å². The lowest BCUT2D eigenvalue weighted by Gasteiger charge is -2.16. The second-order valence-electron chi connectivity index (χ2n) is 3.78. The first-order chi connectivity index (χ1) is 7.81. The normalized spacial score (nSPS) is 12.6. The van der Waals surface area contributed by atoms with Crippen LogP contribution < -0.4 is 5.32 Å². The molecule has 0 aliphatic heterocycles. The van der Waals surface area contributed by atoms with Gasteiger partial charge in [0.1, 0.15) is 0 Å². The maximum absolute atomic E-state index is 5.13. The number of rotatable bonds is 4. The van der Waals surface area contributed by atoms with Gasteiger partial charge in [-0.25, -0.2) is 0 Å². The molecule has 0 aromatic carbocycles. The van der Waals surface area contributed by atoms with Gasteiger partial charge < -0.3 is 9.73 Å². The second kappa shape index (κ2) is 4.94. The van der Waals surface area contributed by atoms with Gasteiger partial charge in [0.25, 0.3) is 0 Å². The SMILES string of the molecule is CCNC(c1ccc(C)nc1)c1ccoc1. The number of aromatic nitrogens is 1. The summed E-state index contributed by atoms with van der Waals surface area (Å²) in [6, 6.07) is 6.27. The van der Waals surface area contributed by atoms with Crippen LogP contribution >= 0.6 is 0 Å². The molecular weight excluding hydrogens is 200 g/mol. The summed E-state index contributed by atoms with van der Waals surface area (Å²) >= 11 is 0. The minimum atomic E-state index is 0.164. The smallest absolute Gasteiger partial charge is 0.0953 e. The van der Waals surface area contributed by atoms with E-state index in [1.165, 1.54) is 0 Å². The van der Waals surface area contributed by atoms with Gasteiger partial charge in [-0.2, -0.15) is 0 Å². The summed E-state index contributed by atoms with van der Waals surface area (Å²) in [5.74, 6) is 0. The number of pyridine rings is 1. The third-order valence-corrected chi connectivity index (χ3v) is 2.55. The molecule has 2 heterocycles.